The van der Waals surface area contributed by atoms with Crippen LogP contribution >= 0.6 is 0 Å². The summed E-state index contributed by atoms with van der Waals surface area (Å²) in [6.07, 6.45) is 3.56. The Morgan fingerprint density at radius 1 is 0.925 bits per heavy atom. The van der Waals surface area contributed by atoms with Crippen LogP contribution < -0.4 is 14.2 Å². The van der Waals surface area contributed by atoms with Gasteiger partial charge in [-0.15, -0.1) is 5.10 Å². The third-order valence-corrected chi connectivity index (χ3v) is 8.82. The van der Waals surface area contributed by atoms with E-state index in [2.05, 4.69) is 5.10 Å². The summed E-state index contributed by atoms with van der Waals surface area (Å²) in [7, 11) is 0.326. The van der Waals surface area contributed by atoms with Crippen molar-refractivity contribution in [2.24, 2.45) is 0 Å². The molecule has 0 saturated carbocycles. The fourth-order valence-corrected chi connectivity index (χ4v) is 6.55. The quantitative estimate of drug-likeness (QED) is 0.329. The van der Waals surface area contributed by atoms with Crippen molar-refractivity contribution < 1.29 is 32.5 Å². The van der Waals surface area contributed by atoms with E-state index in [1.807, 2.05) is 49.4 Å². The molecule has 3 aromatic carbocycles. The first kappa shape index (κ1) is 27.0. The highest BCUT2D eigenvalue weighted by atomic mass is 32.2. The topological polar surface area (TPSA) is 117 Å². The Hall–Kier alpha value is -4.57. The second kappa shape index (κ2) is 10.2. The molecule has 4 aromatic rings. The van der Waals surface area contributed by atoms with E-state index in [1.54, 1.807) is 24.3 Å². The molecular weight excluding hydrogens is 532 g/mol. The Labute approximate surface area is 232 Å². The molecule has 0 bridgehead atoms. The Kier molecular flexibility index (Phi) is 6.89. The van der Waals surface area contributed by atoms with Gasteiger partial charge in [-0.2, -0.15) is 12.5 Å². The number of rotatable bonds is 8. The number of ether oxygens (including phenoxy) is 3. The largest absolute Gasteiger partial charge is 0.493 e. The van der Waals surface area contributed by atoms with Gasteiger partial charge in [0.05, 0.1) is 31.9 Å². The van der Waals surface area contributed by atoms with Crippen molar-refractivity contribution >= 4 is 22.1 Å². The minimum Gasteiger partial charge on any atom is -0.493 e. The van der Waals surface area contributed by atoms with Gasteiger partial charge >= 0.3 is 5.97 Å². The lowest BCUT2D eigenvalue weighted by molar-refractivity contribution is 0.0690. The molecule has 1 aliphatic carbocycles. The number of carboxylic acid groups (broad SMARTS) is 1. The number of allylic oxidation sites excluding steroid dienone is 1. The van der Waals surface area contributed by atoms with Crippen molar-refractivity contribution in [3.05, 3.63) is 106 Å². The average Bonchev–Trinajstić information content (AvgIpc) is 3.36. The standard InChI is InChI=1S/C30H28N2O7S/c1-19-10-12-21(13-11-19)40(35,36)32-24-18-30(20-8-6-5-7-9-20,17-16-22(24)26(31-32)29(33)34)23-14-15-25(37-2)28(39-4)27(23)38-3/h5-17H,18H2,1-4H3,(H,33,34). The normalized spacial score (nSPS) is 16.3. The molecule has 1 aromatic heterocycles. The van der Waals surface area contributed by atoms with Gasteiger partial charge in [-0.1, -0.05) is 66.2 Å². The van der Waals surface area contributed by atoms with Crippen LogP contribution in [0.4, 0.5) is 0 Å². The fourth-order valence-electron chi connectivity index (χ4n) is 5.23. The molecular formula is C30H28N2O7S. The summed E-state index contributed by atoms with van der Waals surface area (Å²) in [4.78, 5) is 12.2. The smallest absolute Gasteiger partial charge is 0.357 e. The first-order valence-electron chi connectivity index (χ1n) is 12.4. The molecule has 1 unspecified atom stereocenters. The number of fused-ring (bicyclic) bond motifs is 1. The number of hydrogen-bond donors (Lipinski definition) is 1. The molecule has 0 amide bonds. The van der Waals surface area contributed by atoms with Crippen LogP contribution in [0.5, 0.6) is 17.2 Å². The van der Waals surface area contributed by atoms with Crippen LogP contribution in [-0.2, 0) is 21.9 Å². The number of carbonyl (C=O) groups is 1. The summed E-state index contributed by atoms with van der Waals surface area (Å²) in [6, 6.07) is 19.5. The van der Waals surface area contributed by atoms with Gasteiger partial charge < -0.3 is 19.3 Å². The van der Waals surface area contributed by atoms with Gasteiger partial charge in [-0.25, -0.2) is 4.79 Å². The average molecular weight is 561 g/mol. The van der Waals surface area contributed by atoms with Gasteiger partial charge in [0.1, 0.15) is 0 Å². The first-order valence-corrected chi connectivity index (χ1v) is 13.8. The highest BCUT2D eigenvalue weighted by molar-refractivity contribution is 7.89. The maximum atomic E-state index is 13.9. The number of nitrogens with zero attached hydrogens (tertiary/aromatic N) is 2. The van der Waals surface area contributed by atoms with Crippen LogP contribution in [0.2, 0.25) is 0 Å². The number of aromatic nitrogens is 2. The second-order valence-electron chi connectivity index (χ2n) is 9.40. The highest BCUT2D eigenvalue weighted by Gasteiger charge is 2.43. The van der Waals surface area contributed by atoms with Crippen LogP contribution in [0.25, 0.3) is 6.08 Å². The van der Waals surface area contributed by atoms with E-state index in [0.29, 0.717) is 22.8 Å². The number of methoxy groups -OCH3 is 3. The molecule has 0 saturated heterocycles. The molecule has 1 heterocycles. The maximum absolute atomic E-state index is 13.9. The predicted octanol–water partition coefficient (Wildman–Crippen LogP) is 4.71. The lowest BCUT2D eigenvalue weighted by atomic mass is 9.68. The van der Waals surface area contributed by atoms with E-state index in [4.69, 9.17) is 14.2 Å². The molecule has 0 aliphatic heterocycles. The molecule has 0 spiro atoms. The summed E-state index contributed by atoms with van der Waals surface area (Å²) in [5.74, 6) is -0.0738. The molecule has 0 radical (unpaired) electrons. The number of benzene rings is 3. The number of hydrogen-bond acceptors (Lipinski definition) is 7. The summed E-state index contributed by atoms with van der Waals surface area (Å²) >= 11 is 0. The Morgan fingerprint density at radius 3 is 2.20 bits per heavy atom. The molecule has 1 N–H and O–H groups in total. The first-order chi connectivity index (χ1) is 19.2. The zero-order valence-electron chi connectivity index (χ0n) is 22.4. The number of carboxylic acids is 1. The van der Waals surface area contributed by atoms with E-state index in [1.165, 1.54) is 33.5 Å². The van der Waals surface area contributed by atoms with E-state index < -0.39 is 21.4 Å². The molecule has 10 heteroatoms. The molecule has 40 heavy (non-hydrogen) atoms. The SMILES string of the molecule is COc1ccc(C2(c3ccccc3)C=Cc3c(C(=O)O)nn(S(=O)(=O)c4ccc(C)cc4)c3C2)c(OC)c1OC. The van der Waals surface area contributed by atoms with Crippen molar-refractivity contribution in [1.29, 1.82) is 0 Å². The fraction of sp³-hybridized carbons (Fsp3) is 0.200. The van der Waals surface area contributed by atoms with E-state index in [0.717, 1.165) is 15.2 Å². The summed E-state index contributed by atoms with van der Waals surface area (Å²) < 4.78 is 45.6. The van der Waals surface area contributed by atoms with Crippen molar-refractivity contribution in [3.8, 4) is 17.2 Å². The molecule has 9 nitrogen and oxygen atoms in total. The minimum atomic E-state index is -4.23. The second-order valence-corrected chi connectivity index (χ2v) is 11.2. The van der Waals surface area contributed by atoms with Crippen molar-refractivity contribution in [2.45, 2.75) is 23.7 Å². The molecule has 0 fully saturated rings. The lowest BCUT2D eigenvalue weighted by Gasteiger charge is -2.36. The summed E-state index contributed by atoms with van der Waals surface area (Å²) in [5.41, 5.74) is 1.55. The highest BCUT2D eigenvalue weighted by Crippen LogP contribution is 2.50. The predicted molar refractivity (Wildman–Crippen MR) is 149 cm³/mol. The number of aromatic carboxylic acids is 1. The van der Waals surface area contributed by atoms with Gasteiger partial charge in [-0.05, 0) is 30.7 Å². The summed E-state index contributed by atoms with van der Waals surface area (Å²) in [6.45, 7) is 1.85. The van der Waals surface area contributed by atoms with Crippen LogP contribution in [0, 0.1) is 6.92 Å². The van der Waals surface area contributed by atoms with E-state index >= 15 is 0 Å². The van der Waals surface area contributed by atoms with Crippen LogP contribution in [0.1, 0.15) is 38.4 Å². The van der Waals surface area contributed by atoms with Crippen LogP contribution in [0.15, 0.2) is 77.7 Å². The monoisotopic (exact) mass is 560 g/mol. The van der Waals surface area contributed by atoms with Gasteiger partial charge in [0, 0.05) is 23.0 Å². The lowest BCUT2D eigenvalue weighted by Crippen LogP contribution is -2.33. The van der Waals surface area contributed by atoms with Gasteiger partial charge in [0.2, 0.25) is 5.75 Å². The van der Waals surface area contributed by atoms with E-state index in [-0.39, 0.29) is 28.3 Å². The minimum absolute atomic E-state index is 0.00361. The Morgan fingerprint density at radius 2 is 1.60 bits per heavy atom. The summed E-state index contributed by atoms with van der Waals surface area (Å²) in [5, 5.41) is 14.1. The van der Waals surface area contributed by atoms with Crippen molar-refractivity contribution in [2.75, 3.05) is 21.3 Å². The van der Waals surface area contributed by atoms with Crippen LogP contribution in [-0.4, -0.2) is 50.0 Å². The molecule has 1 atom stereocenters. The van der Waals surface area contributed by atoms with Gasteiger partial charge in [0.15, 0.2) is 17.2 Å². The van der Waals surface area contributed by atoms with Crippen molar-refractivity contribution in [3.63, 3.8) is 0 Å². The zero-order chi connectivity index (χ0) is 28.7. The maximum Gasteiger partial charge on any atom is 0.357 e. The molecule has 206 valence electrons. The third kappa shape index (κ3) is 4.21. The van der Waals surface area contributed by atoms with E-state index in [9.17, 15) is 18.3 Å². The van der Waals surface area contributed by atoms with Crippen molar-refractivity contribution in [1.82, 2.24) is 9.19 Å². The molecule has 5 rings (SSSR count). The van der Waals surface area contributed by atoms with Gasteiger partial charge in [-0.3, -0.25) is 0 Å². The van der Waals surface area contributed by atoms with Gasteiger partial charge in [0.25, 0.3) is 10.0 Å². The Balaban J connectivity index is 1.81. The third-order valence-electron chi connectivity index (χ3n) is 7.19. The zero-order valence-corrected chi connectivity index (χ0v) is 23.2. The Bertz CT molecular complexity index is 1730. The number of aryl methyl sites for hydroxylation is 1. The molecule has 1 aliphatic rings. The van der Waals surface area contributed by atoms with Crippen LogP contribution in [0.3, 0.4) is 0 Å².